The van der Waals surface area contributed by atoms with Crippen molar-refractivity contribution >= 4 is 23.4 Å². The summed E-state index contributed by atoms with van der Waals surface area (Å²) in [5.41, 5.74) is 3.15. The molecule has 0 bridgehead atoms. The first-order valence-electron chi connectivity index (χ1n) is 6.29. The van der Waals surface area contributed by atoms with Crippen LogP contribution in [0.5, 0.6) is 0 Å². The number of carbonyl (C=O) groups excluding carboxylic acids is 1. The summed E-state index contributed by atoms with van der Waals surface area (Å²) in [6, 6.07) is 3.35. The number of hydrogen-bond donors (Lipinski definition) is 3. The van der Waals surface area contributed by atoms with Crippen LogP contribution >= 0.6 is 0 Å². The molecule has 0 fully saturated rings. The van der Waals surface area contributed by atoms with Gasteiger partial charge in [-0.15, -0.1) is 0 Å². The Labute approximate surface area is 112 Å². The first-order chi connectivity index (χ1) is 9.15. The molecule has 0 radical (unpaired) electrons. The largest absolute Gasteiger partial charge is 0.501 e. The lowest BCUT2D eigenvalue weighted by Gasteiger charge is -2.26. The van der Waals surface area contributed by atoms with Gasteiger partial charge in [0.15, 0.2) is 0 Å². The molecule has 0 spiro atoms. The van der Waals surface area contributed by atoms with Crippen LogP contribution in [-0.4, -0.2) is 23.7 Å². The van der Waals surface area contributed by atoms with Crippen molar-refractivity contribution in [2.24, 2.45) is 0 Å². The number of amides is 1. The first kappa shape index (κ1) is 13.4. The average molecular weight is 262 g/mol. The molecule has 1 aromatic rings. The van der Waals surface area contributed by atoms with Gasteiger partial charge in [-0.25, -0.2) is 0 Å². The summed E-state index contributed by atoms with van der Waals surface area (Å²) in [6.07, 6.45) is 3.43. The van der Waals surface area contributed by atoms with E-state index in [1.165, 1.54) is 0 Å². The van der Waals surface area contributed by atoms with E-state index in [2.05, 4.69) is 10.6 Å². The second kappa shape index (κ2) is 5.75. The maximum atomic E-state index is 11.6. The van der Waals surface area contributed by atoms with E-state index in [1.54, 1.807) is 19.3 Å². The summed E-state index contributed by atoms with van der Waals surface area (Å²) in [4.78, 5) is 11.6. The molecule has 2 rings (SSSR count). The third-order valence-corrected chi connectivity index (χ3v) is 2.93. The molecule has 0 saturated heterocycles. The van der Waals surface area contributed by atoms with E-state index in [4.69, 9.17) is 4.74 Å². The molecule has 102 valence electrons. The number of rotatable bonds is 4. The number of carbonyl (C=O) groups is 1. The van der Waals surface area contributed by atoms with Crippen molar-refractivity contribution in [3.8, 4) is 0 Å². The molecule has 0 aliphatic carbocycles. The van der Waals surface area contributed by atoms with Gasteiger partial charge in [0.2, 0.25) is 5.91 Å². The van der Waals surface area contributed by atoms with Gasteiger partial charge in [0.25, 0.3) is 0 Å². The lowest BCUT2D eigenvalue weighted by molar-refractivity contribution is -0.116. The molecule has 3 N–H and O–H groups in total. The van der Waals surface area contributed by atoms with Crippen LogP contribution in [0.3, 0.4) is 0 Å². The van der Waals surface area contributed by atoms with Gasteiger partial charge >= 0.3 is 0 Å². The van der Waals surface area contributed by atoms with E-state index in [1.807, 2.05) is 19.1 Å². The van der Waals surface area contributed by atoms with Crippen LogP contribution in [0.1, 0.15) is 25.0 Å². The highest BCUT2D eigenvalue weighted by Crippen LogP contribution is 2.33. The van der Waals surface area contributed by atoms with Gasteiger partial charge in [-0.2, -0.15) is 0 Å². The maximum absolute atomic E-state index is 11.6. The number of hydrogen-bond acceptors (Lipinski definition) is 4. The number of nitrogens with one attached hydrogen (secondary N) is 2. The van der Waals surface area contributed by atoms with Crippen LogP contribution in [0.15, 0.2) is 18.4 Å². The van der Waals surface area contributed by atoms with E-state index >= 15 is 0 Å². The number of benzene rings is 1. The highest BCUT2D eigenvalue weighted by molar-refractivity contribution is 6.04. The van der Waals surface area contributed by atoms with Gasteiger partial charge in [0, 0.05) is 5.56 Å². The van der Waals surface area contributed by atoms with Gasteiger partial charge in [0.1, 0.15) is 6.04 Å². The molecule has 1 aliphatic rings. The summed E-state index contributed by atoms with van der Waals surface area (Å²) >= 11 is 0. The maximum Gasteiger partial charge on any atom is 0.246 e. The Bertz CT molecular complexity index is 512. The second-order valence-electron chi connectivity index (χ2n) is 4.38. The van der Waals surface area contributed by atoms with Gasteiger partial charge < -0.3 is 20.5 Å². The van der Waals surface area contributed by atoms with Gasteiger partial charge in [-0.3, -0.25) is 4.79 Å². The number of aliphatic hydroxyl groups is 1. The molecule has 0 saturated carbocycles. The molecule has 5 nitrogen and oxygen atoms in total. The topological polar surface area (TPSA) is 70.6 Å². The van der Waals surface area contributed by atoms with Crippen molar-refractivity contribution in [2.75, 3.05) is 17.2 Å². The second-order valence-corrected chi connectivity index (χ2v) is 4.38. The van der Waals surface area contributed by atoms with E-state index < -0.39 is 0 Å². The molecule has 0 aromatic heterocycles. The van der Waals surface area contributed by atoms with Crippen molar-refractivity contribution in [3.05, 3.63) is 29.5 Å². The molecule has 1 atom stereocenters. The van der Waals surface area contributed by atoms with Crippen molar-refractivity contribution in [1.29, 1.82) is 0 Å². The van der Waals surface area contributed by atoms with E-state index in [9.17, 15) is 9.90 Å². The van der Waals surface area contributed by atoms with Crippen LogP contribution < -0.4 is 10.6 Å². The number of ether oxygens (including phenoxy) is 1. The lowest BCUT2D eigenvalue weighted by atomic mass is 10.0. The Morgan fingerprint density at radius 3 is 2.95 bits per heavy atom. The Morgan fingerprint density at radius 2 is 2.26 bits per heavy atom. The summed E-state index contributed by atoms with van der Waals surface area (Å²) in [7, 11) is 0. The van der Waals surface area contributed by atoms with Crippen LogP contribution in [0, 0.1) is 0 Å². The van der Waals surface area contributed by atoms with Gasteiger partial charge in [-0.05, 0) is 37.6 Å². The van der Waals surface area contributed by atoms with Gasteiger partial charge in [0.05, 0.1) is 30.9 Å². The predicted molar refractivity (Wildman–Crippen MR) is 74.7 cm³/mol. The molecular formula is C14H18N2O3. The Balaban J connectivity index is 2.41. The molecule has 19 heavy (non-hydrogen) atoms. The zero-order valence-corrected chi connectivity index (χ0v) is 11.1. The quantitative estimate of drug-likeness (QED) is 0.725. The zero-order valence-electron chi connectivity index (χ0n) is 11.1. The molecular weight excluding hydrogens is 244 g/mol. The molecule has 5 heteroatoms. The van der Waals surface area contributed by atoms with Crippen molar-refractivity contribution < 1.29 is 14.6 Å². The Hall–Kier alpha value is -2.01. The average Bonchev–Trinajstić information content (AvgIpc) is 2.40. The molecule has 1 amide bonds. The van der Waals surface area contributed by atoms with Crippen molar-refractivity contribution in [3.63, 3.8) is 0 Å². The smallest absolute Gasteiger partial charge is 0.246 e. The summed E-state index contributed by atoms with van der Waals surface area (Å²) in [5.74, 6) is -0.0812. The first-order valence-corrected chi connectivity index (χ1v) is 6.29. The fourth-order valence-electron chi connectivity index (χ4n) is 1.95. The minimum atomic E-state index is -0.285. The molecule has 1 aliphatic heterocycles. The molecule has 0 unspecified atom stereocenters. The fraction of sp³-hybridized carbons (Fsp3) is 0.357. The zero-order chi connectivity index (χ0) is 13.8. The van der Waals surface area contributed by atoms with Crippen LogP contribution in [0.4, 0.5) is 11.4 Å². The third-order valence-electron chi connectivity index (χ3n) is 2.93. The standard InChI is InChI=1S/C14H18N2O3/c1-3-19-5-4-11-6-10(8-17)7-12-13(11)15-9(2)14(18)16-12/h4-7,9,15,17H,3,8H2,1-2H3,(H,16,18)/b5-4+/t9-/m1/s1. The SMILES string of the molecule is CCO/C=C/c1cc(CO)cc2c1N[C@H](C)C(=O)N2. The summed E-state index contributed by atoms with van der Waals surface area (Å²) in [5, 5.41) is 15.2. The van der Waals surface area contributed by atoms with E-state index in [0.29, 0.717) is 12.3 Å². The van der Waals surface area contributed by atoms with Crippen LogP contribution in [0.2, 0.25) is 0 Å². The Kier molecular flexibility index (Phi) is 4.06. The van der Waals surface area contributed by atoms with Crippen molar-refractivity contribution in [1.82, 2.24) is 0 Å². The van der Waals surface area contributed by atoms with E-state index in [-0.39, 0.29) is 18.6 Å². The van der Waals surface area contributed by atoms with Crippen molar-refractivity contribution in [2.45, 2.75) is 26.5 Å². The van der Waals surface area contributed by atoms with E-state index in [0.717, 1.165) is 16.8 Å². The monoisotopic (exact) mass is 262 g/mol. The van der Waals surface area contributed by atoms with Gasteiger partial charge in [-0.1, -0.05) is 0 Å². The normalized spacial score (nSPS) is 17.8. The predicted octanol–water partition coefficient (Wildman–Crippen LogP) is 1.94. The minimum absolute atomic E-state index is 0.0752. The molecule has 1 aromatic carbocycles. The lowest BCUT2D eigenvalue weighted by Crippen LogP contribution is -2.36. The van der Waals surface area contributed by atoms with Crippen LogP contribution in [0.25, 0.3) is 6.08 Å². The summed E-state index contributed by atoms with van der Waals surface area (Å²) < 4.78 is 5.19. The number of fused-ring (bicyclic) bond motifs is 1. The number of anilines is 2. The Morgan fingerprint density at radius 1 is 1.47 bits per heavy atom. The fourth-order valence-corrected chi connectivity index (χ4v) is 1.95. The highest BCUT2D eigenvalue weighted by Gasteiger charge is 2.23. The highest BCUT2D eigenvalue weighted by atomic mass is 16.5. The molecule has 1 heterocycles. The number of aliphatic hydroxyl groups excluding tert-OH is 1. The van der Waals surface area contributed by atoms with Crippen LogP contribution in [-0.2, 0) is 16.1 Å². The third kappa shape index (κ3) is 2.88. The minimum Gasteiger partial charge on any atom is -0.501 e. The summed E-state index contributed by atoms with van der Waals surface area (Å²) in [6.45, 7) is 4.23.